The van der Waals surface area contributed by atoms with E-state index in [1.807, 2.05) is 20.8 Å². The van der Waals surface area contributed by atoms with E-state index < -0.39 is 35.3 Å². The number of para-hydroxylation sites is 1. The molecule has 15 heteroatoms. The van der Waals surface area contributed by atoms with Gasteiger partial charge in [0.25, 0.3) is 0 Å². The maximum Gasteiger partial charge on any atom is 0.247 e. The predicted molar refractivity (Wildman–Crippen MR) is 207 cm³/mol. The number of halogens is 3. The number of nitrogens with zero attached hydrogens (tertiary/aromatic N) is 4. The van der Waals surface area contributed by atoms with Crippen molar-refractivity contribution in [1.82, 2.24) is 25.5 Å². The SMILES string of the molecule is CNC(C)C(=O)NC(C(=O)N1CCCC1C(=O)Nc1cc2c(N(c3cccc(Cl)c3)c3ccccc3F)ncnc2cc1OCCOC)C(C)(C)C.Cl. The van der Waals surface area contributed by atoms with E-state index in [-0.39, 0.29) is 43.1 Å². The van der Waals surface area contributed by atoms with E-state index in [9.17, 15) is 14.4 Å². The van der Waals surface area contributed by atoms with Crippen molar-refractivity contribution in [1.29, 1.82) is 0 Å². The lowest BCUT2D eigenvalue weighted by molar-refractivity contribution is -0.143. The zero-order valence-electron chi connectivity index (χ0n) is 30.6. The lowest BCUT2D eigenvalue weighted by atomic mass is 9.85. The van der Waals surface area contributed by atoms with Crippen LogP contribution in [-0.2, 0) is 19.1 Å². The highest BCUT2D eigenvalue weighted by Gasteiger charge is 2.42. The van der Waals surface area contributed by atoms with Crippen LogP contribution >= 0.6 is 24.0 Å². The number of rotatable bonds is 13. The molecule has 0 aliphatic carbocycles. The molecule has 1 aromatic heterocycles. The van der Waals surface area contributed by atoms with Gasteiger partial charge in [0.15, 0.2) is 0 Å². The Hall–Kier alpha value is -4.56. The number of carbonyl (C=O) groups excluding carboxylic acids is 3. The van der Waals surface area contributed by atoms with E-state index in [0.717, 1.165) is 0 Å². The fraction of sp³-hybridized carbons (Fsp3) is 0.395. The highest BCUT2D eigenvalue weighted by molar-refractivity contribution is 6.30. The molecule has 0 radical (unpaired) electrons. The molecule has 2 heterocycles. The first-order chi connectivity index (χ1) is 24.8. The summed E-state index contributed by atoms with van der Waals surface area (Å²) in [6.07, 6.45) is 2.40. The maximum atomic E-state index is 15.5. The third-order valence-corrected chi connectivity index (χ3v) is 9.19. The molecule has 3 N–H and O–H groups in total. The maximum absolute atomic E-state index is 15.5. The molecule has 1 fully saturated rings. The number of hydrogen-bond donors (Lipinski definition) is 3. The number of likely N-dealkylation sites (tertiary alicyclic amines) is 1. The monoisotopic (exact) mass is 769 g/mol. The van der Waals surface area contributed by atoms with Crippen molar-refractivity contribution in [2.75, 3.05) is 44.1 Å². The number of anilines is 4. The molecule has 12 nitrogen and oxygen atoms in total. The first-order valence-corrected chi connectivity index (χ1v) is 17.5. The normalized spacial score (nSPS) is 15.3. The molecule has 4 aromatic rings. The van der Waals surface area contributed by atoms with Crippen molar-refractivity contribution in [2.24, 2.45) is 5.41 Å². The number of benzene rings is 3. The molecular weight excluding hydrogens is 724 g/mol. The Labute approximate surface area is 320 Å². The summed E-state index contributed by atoms with van der Waals surface area (Å²) in [7, 11) is 3.22. The van der Waals surface area contributed by atoms with Crippen LogP contribution in [0.2, 0.25) is 5.02 Å². The van der Waals surface area contributed by atoms with Gasteiger partial charge in [-0.25, -0.2) is 14.4 Å². The average Bonchev–Trinajstić information content (AvgIpc) is 3.61. The molecule has 284 valence electrons. The largest absolute Gasteiger partial charge is 0.489 e. The van der Waals surface area contributed by atoms with Gasteiger partial charge in [-0.2, -0.15) is 0 Å². The average molecular weight is 771 g/mol. The van der Waals surface area contributed by atoms with Gasteiger partial charge in [-0.05, 0) is 68.6 Å². The number of likely N-dealkylation sites (N-methyl/N-ethyl adjacent to an activating group) is 1. The summed E-state index contributed by atoms with van der Waals surface area (Å²) >= 11 is 6.39. The first kappa shape index (κ1) is 41.2. The van der Waals surface area contributed by atoms with Crippen LogP contribution in [0.1, 0.15) is 40.5 Å². The van der Waals surface area contributed by atoms with Gasteiger partial charge in [-0.3, -0.25) is 19.3 Å². The van der Waals surface area contributed by atoms with Gasteiger partial charge in [-0.15, -0.1) is 12.4 Å². The smallest absolute Gasteiger partial charge is 0.247 e. The van der Waals surface area contributed by atoms with Crippen LogP contribution in [-0.4, -0.2) is 84.6 Å². The standard InChI is InChI=1S/C38H45ClFN7O5.ClH/c1-23(41-5)35(48)45-33(38(2,3)4)37(50)46-16-10-15-31(46)36(49)44-29-20-26-28(21-32(29)52-18-17-51-6)42-22-43-34(26)47(25-12-9-11-24(39)19-25)30-14-8-7-13-27(30)40;/h7-9,11-14,19-23,31,33,41H,10,15-18H2,1-6H3,(H,44,49)(H,45,48);1H. The summed E-state index contributed by atoms with van der Waals surface area (Å²) in [5.74, 6) is -0.921. The topological polar surface area (TPSA) is 138 Å². The number of carbonyl (C=O) groups is 3. The van der Waals surface area contributed by atoms with Crippen molar-refractivity contribution in [3.63, 3.8) is 0 Å². The number of nitrogens with one attached hydrogen (secondary N) is 3. The summed E-state index contributed by atoms with van der Waals surface area (Å²) < 4.78 is 26.7. The number of methoxy groups -OCH3 is 1. The summed E-state index contributed by atoms with van der Waals surface area (Å²) in [6.45, 7) is 8.14. The zero-order valence-corrected chi connectivity index (χ0v) is 32.2. The van der Waals surface area contributed by atoms with Crippen molar-refractivity contribution in [2.45, 2.75) is 58.7 Å². The minimum absolute atomic E-state index is 0. The summed E-state index contributed by atoms with van der Waals surface area (Å²) in [5, 5.41) is 9.72. The van der Waals surface area contributed by atoms with E-state index in [1.165, 1.54) is 17.3 Å². The van der Waals surface area contributed by atoms with Crippen molar-refractivity contribution >= 4 is 75.5 Å². The Bertz CT molecular complexity index is 1930. The van der Waals surface area contributed by atoms with Crippen LogP contribution in [0.3, 0.4) is 0 Å². The number of amides is 3. The van der Waals surface area contributed by atoms with Gasteiger partial charge in [0.2, 0.25) is 17.7 Å². The second kappa shape index (κ2) is 18.0. The lowest BCUT2D eigenvalue weighted by Gasteiger charge is -2.36. The number of aromatic nitrogens is 2. The molecule has 1 saturated heterocycles. The van der Waals surface area contributed by atoms with Gasteiger partial charge in [-0.1, -0.05) is 50.6 Å². The van der Waals surface area contributed by atoms with E-state index in [2.05, 4.69) is 25.9 Å². The summed E-state index contributed by atoms with van der Waals surface area (Å²) in [4.78, 5) is 53.3. The van der Waals surface area contributed by atoms with Gasteiger partial charge in [0.1, 0.15) is 42.4 Å². The second-order valence-electron chi connectivity index (χ2n) is 13.7. The number of ether oxygens (including phenoxy) is 2. The minimum Gasteiger partial charge on any atom is -0.489 e. The van der Waals surface area contributed by atoms with E-state index in [0.29, 0.717) is 58.3 Å². The quantitative estimate of drug-likeness (QED) is 0.132. The van der Waals surface area contributed by atoms with Crippen LogP contribution in [0.15, 0.2) is 67.0 Å². The molecule has 3 aromatic carbocycles. The summed E-state index contributed by atoms with van der Waals surface area (Å²) in [5.41, 5.74) is 0.908. The third-order valence-electron chi connectivity index (χ3n) is 8.95. The predicted octanol–water partition coefficient (Wildman–Crippen LogP) is 6.41. The third kappa shape index (κ3) is 9.52. The molecule has 3 unspecified atom stereocenters. The lowest BCUT2D eigenvalue weighted by Crippen LogP contribution is -2.59. The first-order valence-electron chi connectivity index (χ1n) is 17.1. The van der Waals surface area contributed by atoms with Crippen LogP contribution in [0.25, 0.3) is 10.9 Å². The molecular formula is C38H46Cl2FN7O5. The number of fused-ring (bicyclic) bond motifs is 1. The molecule has 5 rings (SSSR count). The summed E-state index contributed by atoms with van der Waals surface area (Å²) in [6, 6.07) is 14.4. The highest BCUT2D eigenvalue weighted by Crippen LogP contribution is 2.41. The molecule has 1 aliphatic rings. The van der Waals surface area contributed by atoms with Gasteiger partial charge < -0.3 is 30.3 Å². The molecule has 1 aliphatic heterocycles. The highest BCUT2D eigenvalue weighted by atomic mass is 35.5. The van der Waals surface area contributed by atoms with Crippen LogP contribution < -0.4 is 25.6 Å². The van der Waals surface area contributed by atoms with Crippen LogP contribution in [0, 0.1) is 11.2 Å². The molecule has 3 atom stereocenters. The fourth-order valence-corrected chi connectivity index (χ4v) is 6.24. The molecule has 0 spiro atoms. The zero-order chi connectivity index (χ0) is 37.6. The van der Waals surface area contributed by atoms with Crippen LogP contribution in [0.4, 0.5) is 27.3 Å². The van der Waals surface area contributed by atoms with Gasteiger partial charge >= 0.3 is 0 Å². The van der Waals surface area contributed by atoms with E-state index >= 15 is 4.39 Å². The van der Waals surface area contributed by atoms with Crippen molar-refractivity contribution in [3.8, 4) is 5.75 Å². The fourth-order valence-electron chi connectivity index (χ4n) is 6.06. The Morgan fingerprint density at radius 2 is 1.83 bits per heavy atom. The van der Waals surface area contributed by atoms with Crippen molar-refractivity contribution in [3.05, 3.63) is 77.8 Å². The number of hydrogen-bond acceptors (Lipinski definition) is 9. The van der Waals surface area contributed by atoms with Crippen molar-refractivity contribution < 1.29 is 28.2 Å². The molecule has 3 amide bonds. The Morgan fingerprint density at radius 1 is 1.08 bits per heavy atom. The Morgan fingerprint density at radius 3 is 2.51 bits per heavy atom. The molecule has 53 heavy (non-hydrogen) atoms. The molecule has 0 bridgehead atoms. The second-order valence-corrected chi connectivity index (χ2v) is 14.1. The Balaban J connectivity index is 0.00000627. The van der Waals surface area contributed by atoms with Gasteiger partial charge in [0, 0.05) is 35.8 Å². The Kier molecular flexibility index (Phi) is 14.0. The van der Waals surface area contributed by atoms with Crippen LogP contribution in [0.5, 0.6) is 5.75 Å². The molecule has 0 saturated carbocycles. The van der Waals surface area contributed by atoms with E-state index in [1.54, 1.807) is 80.6 Å². The van der Waals surface area contributed by atoms with Gasteiger partial charge in [0.05, 0.1) is 29.5 Å². The van der Waals surface area contributed by atoms with E-state index in [4.69, 9.17) is 21.1 Å². The minimum atomic E-state index is -0.867.